The summed E-state index contributed by atoms with van der Waals surface area (Å²) in [4.78, 5) is 8.32. The first-order valence-electron chi connectivity index (χ1n) is 7.20. The van der Waals surface area contributed by atoms with Gasteiger partial charge < -0.3 is 4.57 Å². The van der Waals surface area contributed by atoms with Crippen molar-refractivity contribution in [2.45, 2.75) is 30.1 Å². The molecule has 7 heteroatoms. The van der Waals surface area contributed by atoms with E-state index in [-0.39, 0.29) is 0 Å². The fraction of sp³-hybridized carbons (Fsp3) is 0.188. The first-order chi connectivity index (χ1) is 11.3. The highest BCUT2D eigenvalue weighted by Crippen LogP contribution is 2.28. The predicted molar refractivity (Wildman–Crippen MR) is 86.6 cm³/mol. The Morgan fingerprint density at radius 3 is 2.74 bits per heavy atom. The van der Waals surface area contributed by atoms with Gasteiger partial charge in [-0.25, -0.2) is 4.98 Å². The van der Waals surface area contributed by atoms with Crippen LogP contribution < -0.4 is 0 Å². The molecular weight excluding hydrogens is 308 g/mol. The van der Waals surface area contributed by atoms with E-state index in [4.69, 9.17) is 5.26 Å². The predicted octanol–water partition coefficient (Wildman–Crippen LogP) is 3.17. The highest BCUT2D eigenvalue weighted by atomic mass is 32.2. The number of hydrogen-bond donors (Lipinski definition) is 0. The summed E-state index contributed by atoms with van der Waals surface area (Å²) in [7, 11) is 0. The van der Waals surface area contributed by atoms with Crippen LogP contribution in [0.4, 0.5) is 0 Å². The van der Waals surface area contributed by atoms with Gasteiger partial charge in [-0.05, 0) is 42.4 Å². The lowest BCUT2D eigenvalue weighted by atomic mass is 10.2. The highest BCUT2D eigenvalue weighted by molar-refractivity contribution is 7.99. The van der Waals surface area contributed by atoms with E-state index < -0.39 is 0 Å². The van der Waals surface area contributed by atoms with E-state index in [9.17, 15) is 0 Å². The molecule has 0 radical (unpaired) electrons. The highest BCUT2D eigenvalue weighted by Gasteiger charge is 2.15. The summed E-state index contributed by atoms with van der Waals surface area (Å²) < 4.78 is 2.07. The standard InChI is InChI=1S/C16H14N6S/c1-2-10-22-15(12-6-8-18-9-7-12)20-21-16(22)23-14-5-3-4-13(11-17)19-14/h3-9H,2,10H2,1H3. The Morgan fingerprint density at radius 2 is 2.00 bits per heavy atom. The van der Waals surface area contributed by atoms with Crippen molar-refractivity contribution >= 4 is 11.8 Å². The molecule has 0 spiro atoms. The van der Waals surface area contributed by atoms with Crippen LogP contribution in [0.3, 0.4) is 0 Å². The number of hydrogen-bond acceptors (Lipinski definition) is 6. The van der Waals surface area contributed by atoms with Crippen LogP contribution in [0.1, 0.15) is 19.0 Å². The summed E-state index contributed by atoms with van der Waals surface area (Å²) in [6, 6.07) is 11.2. The Morgan fingerprint density at radius 1 is 1.17 bits per heavy atom. The molecule has 0 N–H and O–H groups in total. The van der Waals surface area contributed by atoms with Gasteiger partial charge in [0.05, 0.1) is 0 Å². The van der Waals surface area contributed by atoms with E-state index in [0.29, 0.717) is 5.69 Å². The third kappa shape index (κ3) is 3.38. The molecule has 0 bridgehead atoms. The second-order valence-corrected chi connectivity index (χ2v) is 5.76. The summed E-state index contributed by atoms with van der Waals surface area (Å²) in [6.07, 6.45) is 4.45. The molecule has 0 atom stereocenters. The van der Waals surface area contributed by atoms with Crippen LogP contribution in [0, 0.1) is 11.3 Å². The minimum Gasteiger partial charge on any atom is -0.302 e. The fourth-order valence-electron chi connectivity index (χ4n) is 2.13. The largest absolute Gasteiger partial charge is 0.302 e. The lowest BCUT2D eigenvalue weighted by Gasteiger charge is -2.08. The van der Waals surface area contributed by atoms with Crippen molar-refractivity contribution < 1.29 is 0 Å². The quantitative estimate of drug-likeness (QED) is 0.718. The molecule has 0 aromatic carbocycles. The van der Waals surface area contributed by atoms with Crippen LogP contribution in [-0.4, -0.2) is 24.7 Å². The van der Waals surface area contributed by atoms with E-state index in [2.05, 4.69) is 31.7 Å². The van der Waals surface area contributed by atoms with Crippen LogP contribution in [0.25, 0.3) is 11.4 Å². The molecule has 3 aromatic rings. The van der Waals surface area contributed by atoms with Crippen LogP contribution in [0.15, 0.2) is 52.9 Å². The molecule has 0 fully saturated rings. The molecule has 3 rings (SSSR count). The maximum Gasteiger partial charge on any atom is 0.197 e. The van der Waals surface area contributed by atoms with Crippen LogP contribution in [-0.2, 0) is 6.54 Å². The SMILES string of the molecule is CCCn1c(Sc2cccc(C#N)n2)nnc1-c1ccncc1. The lowest BCUT2D eigenvalue weighted by molar-refractivity contribution is 0.626. The topological polar surface area (TPSA) is 80.3 Å². The Labute approximate surface area is 138 Å². The molecule has 0 saturated carbocycles. The first-order valence-corrected chi connectivity index (χ1v) is 8.02. The van der Waals surface area contributed by atoms with Crippen molar-refractivity contribution in [1.29, 1.82) is 5.26 Å². The van der Waals surface area contributed by atoms with E-state index in [1.165, 1.54) is 11.8 Å². The zero-order valence-electron chi connectivity index (χ0n) is 12.5. The monoisotopic (exact) mass is 322 g/mol. The van der Waals surface area contributed by atoms with Gasteiger partial charge in [0, 0.05) is 24.5 Å². The van der Waals surface area contributed by atoms with Gasteiger partial charge in [-0.2, -0.15) is 5.26 Å². The van der Waals surface area contributed by atoms with Crippen molar-refractivity contribution in [3.63, 3.8) is 0 Å². The Kier molecular flexibility index (Phi) is 4.64. The summed E-state index contributed by atoms with van der Waals surface area (Å²) in [6.45, 7) is 2.92. The number of nitriles is 1. The second-order valence-electron chi connectivity index (χ2n) is 4.77. The molecule has 0 aliphatic carbocycles. The van der Waals surface area contributed by atoms with E-state index >= 15 is 0 Å². The van der Waals surface area contributed by atoms with Gasteiger partial charge in [-0.15, -0.1) is 10.2 Å². The van der Waals surface area contributed by atoms with E-state index in [0.717, 1.165) is 34.5 Å². The molecule has 0 unspecified atom stereocenters. The van der Waals surface area contributed by atoms with Crippen molar-refractivity contribution in [1.82, 2.24) is 24.7 Å². The van der Waals surface area contributed by atoms with Gasteiger partial charge in [0.2, 0.25) is 0 Å². The smallest absolute Gasteiger partial charge is 0.197 e. The number of aromatic nitrogens is 5. The minimum atomic E-state index is 0.394. The summed E-state index contributed by atoms with van der Waals surface area (Å²) in [5.74, 6) is 0.813. The van der Waals surface area contributed by atoms with Gasteiger partial charge in [0.15, 0.2) is 11.0 Å². The molecule has 0 saturated heterocycles. The van der Waals surface area contributed by atoms with Crippen molar-refractivity contribution in [2.75, 3.05) is 0 Å². The van der Waals surface area contributed by atoms with Crippen molar-refractivity contribution in [3.8, 4) is 17.5 Å². The van der Waals surface area contributed by atoms with Gasteiger partial charge in [0.25, 0.3) is 0 Å². The summed E-state index contributed by atoms with van der Waals surface area (Å²) >= 11 is 1.41. The van der Waals surface area contributed by atoms with Crippen molar-refractivity contribution in [3.05, 3.63) is 48.4 Å². The maximum atomic E-state index is 8.96. The molecule has 114 valence electrons. The minimum absolute atomic E-state index is 0.394. The summed E-state index contributed by atoms with van der Waals surface area (Å²) in [5, 5.41) is 19.1. The normalized spacial score (nSPS) is 10.4. The van der Waals surface area contributed by atoms with E-state index in [1.54, 1.807) is 18.5 Å². The van der Waals surface area contributed by atoms with Gasteiger partial charge in [0.1, 0.15) is 16.8 Å². The maximum absolute atomic E-state index is 8.96. The van der Waals surface area contributed by atoms with Gasteiger partial charge in [-0.3, -0.25) is 4.98 Å². The number of rotatable bonds is 5. The van der Waals surface area contributed by atoms with Crippen LogP contribution in [0.5, 0.6) is 0 Å². The van der Waals surface area contributed by atoms with E-state index in [1.807, 2.05) is 30.3 Å². The molecule has 3 aromatic heterocycles. The Bertz CT molecular complexity index is 837. The van der Waals surface area contributed by atoms with Crippen LogP contribution >= 0.6 is 11.8 Å². The van der Waals surface area contributed by atoms with Gasteiger partial charge in [-0.1, -0.05) is 13.0 Å². The Balaban J connectivity index is 1.96. The summed E-state index contributed by atoms with van der Waals surface area (Å²) in [5.41, 5.74) is 1.37. The molecule has 0 aliphatic rings. The molecule has 0 aliphatic heterocycles. The Hall–Kier alpha value is -2.72. The number of nitrogens with zero attached hydrogens (tertiary/aromatic N) is 6. The average Bonchev–Trinajstić information content (AvgIpc) is 2.99. The second kappa shape index (κ2) is 7.03. The molecular formula is C16H14N6S. The molecule has 6 nitrogen and oxygen atoms in total. The van der Waals surface area contributed by atoms with Crippen molar-refractivity contribution in [2.24, 2.45) is 0 Å². The molecule has 0 amide bonds. The lowest BCUT2D eigenvalue weighted by Crippen LogP contribution is -2.02. The third-order valence-electron chi connectivity index (χ3n) is 3.14. The zero-order valence-corrected chi connectivity index (χ0v) is 13.4. The number of pyridine rings is 2. The third-order valence-corrected chi connectivity index (χ3v) is 4.06. The molecule has 3 heterocycles. The van der Waals surface area contributed by atoms with Crippen LogP contribution in [0.2, 0.25) is 0 Å². The van der Waals surface area contributed by atoms with Gasteiger partial charge >= 0.3 is 0 Å². The fourth-order valence-corrected chi connectivity index (χ4v) is 2.98. The molecule has 23 heavy (non-hydrogen) atoms. The zero-order chi connectivity index (χ0) is 16.1. The first kappa shape index (κ1) is 15.2. The average molecular weight is 322 g/mol.